The number of nitrogens with zero attached hydrogens (tertiary/aromatic N) is 2. The zero-order valence-corrected chi connectivity index (χ0v) is 14.7. The van der Waals surface area contributed by atoms with Gasteiger partial charge < -0.3 is 10.2 Å². The normalized spacial score (nSPS) is 25.3. The maximum absolute atomic E-state index is 3.71. The summed E-state index contributed by atoms with van der Waals surface area (Å²) in [5.74, 6) is 0. The second kappa shape index (κ2) is 8.50. The third kappa shape index (κ3) is 4.94. The zero-order chi connectivity index (χ0) is 15.1. The Bertz CT molecular complexity index is 278. The molecule has 1 unspecified atom stereocenters. The van der Waals surface area contributed by atoms with Crippen molar-refractivity contribution >= 4 is 0 Å². The van der Waals surface area contributed by atoms with Gasteiger partial charge in [-0.25, -0.2) is 0 Å². The molecule has 0 bridgehead atoms. The van der Waals surface area contributed by atoms with Crippen LogP contribution in [0.25, 0.3) is 0 Å². The molecule has 0 aromatic carbocycles. The molecule has 1 heterocycles. The molecule has 0 spiro atoms. The lowest BCUT2D eigenvalue weighted by Crippen LogP contribution is -2.53. The standard InChI is InChI=1S/C18H37N3/c1-4-10-19-15-18(8-6-7-9-18)16-20-11-13-21(14-12-20)17(3)5-2/h17,19H,4-16H2,1-3H3. The summed E-state index contributed by atoms with van der Waals surface area (Å²) < 4.78 is 0. The minimum atomic E-state index is 0.577. The minimum absolute atomic E-state index is 0.577. The van der Waals surface area contributed by atoms with Gasteiger partial charge in [-0.05, 0) is 44.6 Å². The molecule has 0 aromatic heterocycles. The van der Waals surface area contributed by atoms with Crippen LogP contribution in [0, 0.1) is 5.41 Å². The summed E-state index contributed by atoms with van der Waals surface area (Å²) in [4.78, 5) is 5.42. The fourth-order valence-corrected chi connectivity index (χ4v) is 4.14. The Hall–Kier alpha value is -0.120. The molecule has 2 rings (SSSR count). The van der Waals surface area contributed by atoms with Gasteiger partial charge >= 0.3 is 0 Å². The lowest BCUT2D eigenvalue weighted by Gasteiger charge is -2.42. The Morgan fingerprint density at radius 2 is 1.71 bits per heavy atom. The van der Waals surface area contributed by atoms with Crippen LogP contribution >= 0.6 is 0 Å². The largest absolute Gasteiger partial charge is 0.316 e. The van der Waals surface area contributed by atoms with Gasteiger partial charge in [-0.15, -0.1) is 0 Å². The van der Waals surface area contributed by atoms with Crippen molar-refractivity contribution in [2.45, 2.75) is 65.3 Å². The molecule has 0 amide bonds. The Morgan fingerprint density at radius 3 is 2.29 bits per heavy atom. The minimum Gasteiger partial charge on any atom is -0.316 e. The lowest BCUT2D eigenvalue weighted by atomic mass is 9.85. The van der Waals surface area contributed by atoms with Crippen molar-refractivity contribution in [3.63, 3.8) is 0 Å². The molecular weight excluding hydrogens is 258 g/mol. The van der Waals surface area contributed by atoms with Gasteiger partial charge in [0.2, 0.25) is 0 Å². The Kier molecular flexibility index (Phi) is 6.97. The monoisotopic (exact) mass is 295 g/mol. The first-order valence-corrected chi connectivity index (χ1v) is 9.36. The first-order valence-electron chi connectivity index (χ1n) is 9.36. The van der Waals surface area contributed by atoms with Gasteiger partial charge in [0.25, 0.3) is 0 Å². The fraction of sp³-hybridized carbons (Fsp3) is 1.00. The molecular formula is C18H37N3. The molecule has 0 radical (unpaired) electrons. The van der Waals surface area contributed by atoms with E-state index in [1.54, 1.807) is 0 Å². The number of nitrogens with one attached hydrogen (secondary N) is 1. The average molecular weight is 296 g/mol. The Balaban J connectivity index is 1.79. The van der Waals surface area contributed by atoms with Gasteiger partial charge in [0.15, 0.2) is 0 Å². The highest BCUT2D eigenvalue weighted by atomic mass is 15.3. The van der Waals surface area contributed by atoms with Gasteiger partial charge in [-0.3, -0.25) is 4.90 Å². The first-order chi connectivity index (χ1) is 10.2. The van der Waals surface area contributed by atoms with E-state index in [-0.39, 0.29) is 0 Å². The van der Waals surface area contributed by atoms with E-state index in [1.807, 2.05) is 0 Å². The third-order valence-corrected chi connectivity index (χ3v) is 5.77. The van der Waals surface area contributed by atoms with Crippen LogP contribution in [0.4, 0.5) is 0 Å². The second-order valence-corrected chi connectivity index (χ2v) is 7.45. The van der Waals surface area contributed by atoms with Crippen molar-refractivity contribution in [3.05, 3.63) is 0 Å². The molecule has 1 aliphatic heterocycles. The summed E-state index contributed by atoms with van der Waals surface area (Å²) in [6, 6.07) is 0.763. The third-order valence-electron chi connectivity index (χ3n) is 5.77. The van der Waals surface area contributed by atoms with Crippen LogP contribution in [-0.4, -0.2) is 61.7 Å². The van der Waals surface area contributed by atoms with E-state index in [1.165, 1.54) is 84.3 Å². The molecule has 3 heteroatoms. The molecule has 0 aromatic rings. The van der Waals surface area contributed by atoms with E-state index in [4.69, 9.17) is 0 Å². The quantitative estimate of drug-likeness (QED) is 0.695. The van der Waals surface area contributed by atoms with Crippen molar-refractivity contribution in [2.75, 3.05) is 45.8 Å². The van der Waals surface area contributed by atoms with Crippen LogP contribution in [0.3, 0.4) is 0 Å². The zero-order valence-electron chi connectivity index (χ0n) is 14.7. The van der Waals surface area contributed by atoms with E-state index >= 15 is 0 Å². The molecule has 124 valence electrons. The SMILES string of the molecule is CCCNCC1(CN2CCN(C(C)CC)CC2)CCCC1. The molecule has 21 heavy (non-hydrogen) atoms. The van der Waals surface area contributed by atoms with E-state index in [0.29, 0.717) is 5.41 Å². The van der Waals surface area contributed by atoms with Crippen LogP contribution < -0.4 is 5.32 Å². The maximum atomic E-state index is 3.71. The molecule has 1 aliphatic carbocycles. The van der Waals surface area contributed by atoms with Crippen LogP contribution in [0.2, 0.25) is 0 Å². The van der Waals surface area contributed by atoms with E-state index in [0.717, 1.165) is 6.04 Å². The average Bonchev–Trinajstić information content (AvgIpc) is 2.96. The van der Waals surface area contributed by atoms with Crippen molar-refractivity contribution in [1.82, 2.24) is 15.1 Å². The van der Waals surface area contributed by atoms with E-state index < -0.39 is 0 Å². The predicted molar refractivity (Wildman–Crippen MR) is 91.8 cm³/mol. The van der Waals surface area contributed by atoms with Crippen molar-refractivity contribution in [3.8, 4) is 0 Å². The molecule has 1 N–H and O–H groups in total. The first kappa shape index (κ1) is 17.2. The van der Waals surface area contributed by atoms with Crippen LogP contribution in [0.5, 0.6) is 0 Å². The van der Waals surface area contributed by atoms with Crippen LogP contribution in [-0.2, 0) is 0 Å². The van der Waals surface area contributed by atoms with Gasteiger partial charge in [0, 0.05) is 45.3 Å². The number of piperazine rings is 1. The second-order valence-electron chi connectivity index (χ2n) is 7.45. The molecule has 1 saturated carbocycles. The summed E-state index contributed by atoms with van der Waals surface area (Å²) in [6.45, 7) is 15.8. The predicted octanol–water partition coefficient (Wildman–Crippen LogP) is 2.96. The molecule has 1 saturated heterocycles. The number of hydrogen-bond donors (Lipinski definition) is 1. The molecule has 1 atom stereocenters. The lowest BCUT2D eigenvalue weighted by molar-refractivity contribution is 0.0665. The van der Waals surface area contributed by atoms with Crippen molar-refractivity contribution in [1.29, 1.82) is 0 Å². The van der Waals surface area contributed by atoms with Gasteiger partial charge in [-0.1, -0.05) is 26.7 Å². The van der Waals surface area contributed by atoms with E-state index in [9.17, 15) is 0 Å². The van der Waals surface area contributed by atoms with Crippen molar-refractivity contribution in [2.24, 2.45) is 5.41 Å². The summed E-state index contributed by atoms with van der Waals surface area (Å²) in [5.41, 5.74) is 0.577. The van der Waals surface area contributed by atoms with Gasteiger partial charge in [-0.2, -0.15) is 0 Å². The van der Waals surface area contributed by atoms with Gasteiger partial charge in [0.1, 0.15) is 0 Å². The number of rotatable bonds is 8. The summed E-state index contributed by atoms with van der Waals surface area (Å²) >= 11 is 0. The highest BCUT2D eigenvalue weighted by Gasteiger charge is 2.36. The fourth-order valence-electron chi connectivity index (χ4n) is 4.14. The van der Waals surface area contributed by atoms with Crippen LogP contribution in [0.1, 0.15) is 59.3 Å². The summed E-state index contributed by atoms with van der Waals surface area (Å²) in [7, 11) is 0. The summed E-state index contributed by atoms with van der Waals surface area (Å²) in [6.07, 6.45) is 8.31. The van der Waals surface area contributed by atoms with Crippen LogP contribution in [0.15, 0.2) is 0 Å². The van der Waals surface area contributed by atoms with Gasteiger partial charge in [0.05, 0.1) is 0 Å². The Labute approximate surface area is 132 Å². The van der Waals surface area contributed by atoms with E-state index in [2.05, 4.69) is 35.9 Å². The molecule has 3 nitrogen and oxygen atoms in total. The Morgan fingerprint density at radius 1 is 1.05 bits per heavy atom. The highest BCUT2D eigenvalue weighted by Crippen LogP contribution is 2.38. The molecule has 2 aliphatic rings. The topological polar surface area (TPSA) is 18.5 Å². The highest BCUT2D eigenvalue weighted by molar-refractivity contribution is 4.90. The smallest absolute Gasteiger partial charge is 0.0113 e. The number of hydrogen-bond acceptors (Lipinski definition) is 3. The maximum Gasteiger partial charge on any atom is 0.0113 e. The summed E-state index contributed by atoms with van der Waals surface area (Å²) in [5, 5.41) is 3.71. The molecule has 2 fully saturated rings. The van der Waals surface area contributed by atoms with Crippen molar-refractivity contribution < 1.29 is 0 Å².